The summed E-state index contributed by atoms with van der Waals surface area (Å²) in [7, 11) is 0. The van der Waals surface area contributed by atoms with Gasteiger partial charge in [0.2, 0.25) is 5.91 Å². The average molecular weight is 459 g/mol. The number of nitrogens with zero attached hydrogens (tertiary/aromatic N) is 4. The van der Waals surface area contributed by atoms with E-state index in [4.69, 9.17) is 9.40 Å². The zero-order chi connectivity index (χ0) is 22.8. The van der Waals surface area contributed by atoms with Crippen LogP contribution >= 0.6 is 11.3 Å². The van der Waals surface area contributed by atoms with Crippen molar-refractivity contribution in [3.8, 4) is 21.9 Å². The number of piperazine rings is 1. The Morgan fingerprint density at radius 2 is 1.70 bits per heavy atom. The van der Waals surface area contributed by atoms with Crippen LogP contribution < -0.4 is 4.90 Å². The van der Waals surface area contributed by atoms with Crippen molar-refractivity contribution in [2.75, 3.05) is 31.1 Å². The molecule has 1 aliphatic rings. The Kier molecular flexibility index (Phi) is 5.96. The molecule has 0 N–H and O–H groups in total. The van der Waals surface area contributed by atoms with E-state index in [1.54, 1.807) is 17.5 Å². The lowest BCUT2D eigenvalue weighted by atomic mass is 10.1. The highest BCUT2D eigenvalue weighted by Crippen LogP contribution is 2.28. The fourth-order valence-corrected chi connectivity index (χ4v) is 5.03. The standard InChI is InChI=1S/C26H26N4O2S/c1-18-23(28-26(33-18)21-6-4-3-5-7-21)16-25(31)30-14-12-29(13-15-30)22-10-8-20(9-11-22)24-17-27-19(2)32-24/h3-11,17H,12-16H2,1-2H3. The maximum absolute atomic E-state index is 13.0. The van der Waals surface area contributed by atoms with E-state index in [9.17, 15) is 4.79 Å². The van der Waals surface area contributed by atoms with Gasteiger partial charge in [-0.05, 0) is 31.2 Å². The molecule has 1 saturated heterocycles. The maximum Gasteiger partial charge on any atom is 0.228 e. The maximum atomic E-state index is 13.0. The molecule has 0 bridgehead atoms. The van der Waals surface area contributed by atoms with Crippen LogP contribution in [0.1, 0.15) is 16.5 Å². The van der Waals surface area contributed by atoms with E-state index in [2.05, 4.69) is 53.2 Å². The Morgan fingerprint density at radius 1 is 0.970 bits per heavy atom. The summed E-state index contributed by atoms with van der Waals surface area (Å²) in [6, 6.07) is 18.5. The lowest BCUT2D eigenvalue weighted by Crippen LogP contribution is -2.49. The lowest BCUT2D eigenvalue weighted by Gasteiger charge is -2.36. The van der Waals surface area contributed by atoms with Gasteiger partial charge >= 0.3 is 0 Å². The van der Waals surface area contributed by atoms with Crippen LogP contribution in [-0.4, -0.2) is 47.0 Å². The molecule has 4 aromatic rings. The van der Waals surface area contributed by atoms with Gasteiger partial charge in [-0.25, -0.2) is 9.97 Å². The second-order valence-corrected chi connectivity index (χ2v) is 9.43. The van der Waals surface area contributed by atoms with Crippen LogP contribution in [0.25, 0.3) is 21.9 Å². The number of carbonyl (C=O) groups excluding carboxylic acids is 1. The molecule has 0 aliphatic carbocycles. The topological polar surface area (TPSA) is 62.5 Å². The largest absolute Gasteiger partial charge is 0.441 e. The van der Waals surface area contributed by atoms with Crippen LogP contribution in [0.5, 0.6) is 0 Å². The first-order valence-electron chi connectivity index (χ1n) is 11.1. The summed E-state index contributed by atoms with van der Waals surface area (Å²) in [6.07, 6.45) is 2.11. The molecule has 3 heterocycles. The van der Waals surface area contributed by atoms with Crippen molar-refractivity contribution < 1.29 is 9.21 Å². The average Bonchev–Trinajstić information content (AvgIpc) is 3.45. The Morgan fingerprint density at radius 3 is 2.36 bits per heavy atom. The summed E-state index contributed by atoms with van der Waals surface area (Å²) < 4.78 is 5.61. The van der Waals surface area contributed by atoms with Gasteiger partial charge in [0.25, 0.3) is 0 Å². The van der Waals surface area contributed by atoms with E-state index >= 15 is 0 Å². The first-order valence-corrected chi connectivity index (χ1v) is 12.0. The van der Waals surface area contributed by atoms with Gasteiger partial charge in [-0.1, -0.05) is 30.3 Å². The normalized spacial score (nSPS) is 14.0. The van der Waals surface area contributed by atoms with E-state index in [-0.39, 0.29) is 5.91 Å². The summed E-state index contributed by atoms with van der Waals surface area (Å²) >= 11 is 1.65. The second kappa shape index (κ2) is 9.19. The summed E-state index contributed by atoms with van der Waals surface area (Å²) in [5.41, 5.74) is 4.17. The highest BCUT2D eigenvalue weighted by molar-refractivity contribution is 7.15. The second-order valence-electron chi connectivity index (χ2n) is 8.22. The van der Waals surface area contributed by atoms with Crippen molar-refractivity contribution >= 4 is 22.9 Å². The zero-order valence-corrected chi connectivity index (χ0v) is 19.6. The zero-order valence-electron chi connectivity index (χ0n) is 18.8. The predicted molar refractivity (Wildman–Crippen MR) is 131 cm³/mol. The summed E-state index contributed by atoms with van der Waals surface area (Å²) in [5, 5.41) is 0.977. The van der Waals surface area contributed by atoms with E-state index in [1.165, 1.54) is 0 Å². The van der Waals surface area contributed by atoms with E-state index in [1.807, 2.05) is 30.0 Å². The Hall–Kier alpha value is -3.45. The lowest BCUT2D eigenvalue weighted by molar-refractivity contribution is -0.130. The molecule has 2 aromatic heterocycles. The molecule has 5 rings (SSSR count). The third-order valence-corrected chi connectivity index (χ3v) is 7.06. The van der Waals surface area contributed by atoms with Gasteiger partial charge in [0.15, 0.2) is 11.7 Å². The predicted octanol–water partition coefficient (Wildman–Crippen LogP) is 4.97. The van der Waals surface area contributed by atoms with Crippen molar-refractivity contribution in [1.29, 1.82) is 0 Å². The molecule has 1 amide bonds. The highest BCUT2D eigenvalue weighted by Gasteiger charge is 2.23. The molecular formula is C26H26N4O2S. The molecule has 168 valence electrons. The third kappa shape index (κ3) is 4.68. The van der Waals surface area contributed by atoms with Crippen molar-refractivity contribution in [2.45, 2.75) is 20.3 Å². The number of oxazole rings is 1. The van der Waals surface area contributed by atoms with Crippen molar-refractivity contribution in [3.63, 3.8) is 0 Å². The van der Waals surface area contributed by atoms with Crippen molar-refractivity contribution in [1.82, 2.24) is 14.9 Å². The van der Waals surface area contributed by atoms with Gasteiger partial charge in [-0.3, -0.25) is 4.79 Å². The molecule has 1 fully saturated rings. The van der Waals surface area contributed by atoms with Crippen molar-refractivity contribution in [3.05, 3.63) is 77.3 Å². The van der Waals surface area contributed by atoms with E-state index in [0.29, 0.717) is 12.3 Å². The number of carbonyl (C=O) groups is 1. The van der Waals surface area contributed by atoms with Gasteiger partial charge < -0.3 is 14.2 Å². The summed E-state index contributed by atoms with van der Waals surface area (Å²) in [4.78, 5) is 27.3. The number of thiazole rings is 1. The molecule has 0 saturated carbocycles. The molecule has 0 unspecified atom stereocenters. The minimum Gasteiger partial charge on any atom is -0.441 e. The van der Waals surface area contributed by atoms with Gasteiger partial charge in [0.05, 0.1) is 18.3 Å². The van der Waals surface area contributed by atoms with Crippen LogP contribution in [0, 0.1) is 13.8 Å². The fourth-order valence-electron chi connectivity index (χ4n) is 4.10. The number of amides is 1. The van der Waals surface area contributed by atoms with Gasteiger partial charge in [-0.2, -0.15) is 0 Å². The number of hydrogen-bond acceptors (Lipinski definition) is 6. The van der Waals surface area contributed by atoms with Crippen LogP contribution in [0.2, 0.25) is 0 Å². The van der Waals surface area contributed by atoms with Crippen LogP contribution in [-0.2, 0) is 11.2 Å². The van der Waals surface area contributed by atoms with E-state index in [0.717, 1.165) is 64.3 Å². The van der Waals surface area contributed by atoms with Gasteiger partial charge in [0, 0.05) is 54.8 Å². The molecule has 0 atom stereocenters. The SMILES string of the molecule is Cc1ncc(-c2ccc(N3CCN(C(=O)Cc4nc(-c5ccccc5)sc4C)CC3)cc2)o1. The number of anilines is 1. The molecular weight excluding hydrogens is 432 g/mol. The Bertz CT molecular complexity index is 1240. The Balaban J connectivity index is 1.18. The van der Waals surface area contributed by atoms with Gasteiger partial charge in [-0.15, -0.1) is 11.3 Å². The minimum atomic E-state index is 0.152. The van der Waals surface area contributed by atoms with E-state index < -0.39 is 0 Å². The van der Waals surface area contributed by atoms with Crippen LogP contribution in [0.4, 0.5) is 5.69 Å². The molecule has 33 heavy (non-hydrogen) atoms. The number of aryl methyl sites for hydroxylation is 2. The molecule has 2 aromatic carbocycles. The highest BCUT2D eigenvalue weighted by atomic mass is 32.1. The molecule has 6 nitrogen and oxygen atoms in total. The first kappa shape index (κ1) is 21.4. The molecule has 0 spiro atoms. The Labute approximate surface area is 197 Å². The number of rotatable bonds is 5. The quantitative estimate of drug-likeness (QED) is 0.422. The van der Waals surface area contributed by atoms with Crippen molar-refractivity contribution in [2.24, 2.45) is 0 Å². The molecule has 1 aliphatic heterocycles. The molecule has 0 radical (unpaired) electrons. The first-order chi connectivity index (χ1) is 16.1. The fraction of sp³-hybridized carbons (Fsp3) is 0.269. The van der Waals surface area contributed by atoms with Crippen LogP contribution in [0.15, 0.2) is 65.2 Å². The number of benzene rings is 2. The third-order valence-electron chi connectivity index (χ3n) is 6.00. The monoisotopic (exact) mass is 458 g/mol. The molecule has 7 heteroatoms. The summed E-state index contributed by atoms with van der Waals surface area (Å²) in [5.74, 6) is 1.60. The van der Waals surface area contributed by atoms with Crippen LogP contribution in [0.3, 0.4) is 0 Å². The summed E-state index contributed by atoms with van der Waals surface area (Å²) in [6.45, 7) is 6.97. The van der Waals surface area contributed by atoms with Gasteiger partial charge in [0.1, 0.15) is 5.01 Å². The number of hydrogen-bond donors (Lipinski definition) is 0. The smallest absolute Gasteiger partial charge is 0.228 e. The minimum absolute atomic E-state index is 0.152. The number of aromatic nitrogens is 2.